The molecule has 2 N–H and O–H groups in total. The average molecular weight is 305 g/mol. The highest BCUT2D eigenvalue weighted by Gasteiger charge is 2.14. The van der Waals surface area contributed by atoms with Gasteiger partial charge in [0.2, 0.25) is 5.95 Å². The molecule has 6 nitrogen and oxygen atoms in total. The van der Waals surface area contributed by atoms with E-state index in [-0.39, 0.29) is 0 Å². The normalized spacial score (nSPS) is 20.7. The Labute approximate surface area is 132 Å². The van der Waals surface area contributed by atoms with Crippen molar-refractivity contribution in [2.24, 2.45) is 0 Å². The first-order valence-electron chi connectivity index (χ1n) is 8.54. The maximum absolute atomic E-state index is 5.36. The number of nitrogens with one attached hydrogen (secondary N) is 2. The molecule has 1 aromatic heterocycles. The Morgan fingerprint density at radius 1 is 1.18 bits per heavy atom. The van der Waals surface area contributed by atoms with E-state index >= 15 is 0 Å². The van der Waals surface area contributed by atoms with Gasteiger partial charge < -0.3 is 15.4 Å². The monoisotopic (exact) mass is 305 g/mol. The average Bonchev–Trinajstić information content (AvgIpc) is 2.57. The Kier molecular flexibility index (Phi) is 5.84. The van der Waals surface area contributed by atoms with Crippen LogP contribution in [0.5, 0.6) is 0 Å². The van der Waals surface area contributed by atoms with Crippen molar-refractivity contribution in [1.29, 1.82) is 0 Å². The van der Waals surface area contributed by atoms with E-state index in [1.807, 2.05) is 12.3 Å². The summed E-state index contributed by atoms with van der Waals surface area (Å²) < 4.78 is 5.36. The van der Waals surface area contributed by atoms with Crippen molar-refractivity contribution in [3.63, 3.8) is 0 Å². The quantitative estimate of drug-likeness (QED) is 0.838. The molecule has 2 heterocycles. The number of anilines is 2. The standard InChI is InChI=1S/C16H27N5O/c1-2-4-14(5-3-1)19-15-6-7-17-16(20-15)18-8-9-21-10-12-22-13-11-21/h6-7,14H,1-5,8-13H2,(H2,17,18,19,20). The van der Waals surface area contributed by atoms with Crippen LogP contribution in [-0.4, -0.2) is 60.3 Å². The smallest absolute Gasteiger partial charge is 0.224 e. The minimum atomic E-state index is 0.574. The summed E-state index contributed by atoms with van der Waals surface area (Å²) in [5.41, 5.74) is 0. The summed E-state index contributed by atoms with van der Waals surface area (Å²) in [4.78, 5) is 11.3. The summed E-state index contributed by atoms with van der Waals surface area (Å²) in [6.45, 7) is 5.60. The first-order chi connectivity index (χ1) is 10.9. The van der Waals surface area contributed by atoms with Crippen molar-refractivity contribution in [2.75, 3.05) is 50.0 Å². The van der Waals surface area contributed by atoms with Crippen LogP contribution in [0.2, 0.25) is 0 Å². The first-order valence-corrected chi connectivity index (χ1v) is 8.54. The predicted octanol–water partition coefficient (Wildman–Crippen LogP) is 1.97. The van der Waals surface area contributed by atoms with Crippen LogP contribution in [0.3, 0.4) is 0 Å². The Bertz CT molecular complexity index is 444. The number of hydrogen-bond donors (Lipinski definition) is 2. The van der Waals surface area contributed by atoms with Crippen molar-refractivity contribution in [2.45, 2.75) is 38.1 Å². The zero-order valence-corrected chi connectivity index (χ0v) is 13.3. The molecule has 1 aliphatic heterocycles. The molecule has 0 atom stereocenters. The van der Waals surface area contributed by atoms with E-state index in [4.69, 9.17) is 4.74 Å². The van der Waals surface area contributed by atoms with Gasteiger partial charge in [-0.2, -0.15) is 4.98 Å². The van der Waals surface area contributed by atoms with Gasteiger partial charge in [-0.25, -0.2) is 4.98 Å². The minimum Gasteiger partial charge on any atom is -0.379 e. The van der Waals surface area contributed by atoms with Gasteiger partial charge in [-0.05, 0) is 18.9 Å². The van der Waals surface area contributed by atoms with Crippen LogP contribution < -0.4 is 10.6 Å². The molecular weight excluding hydrogens is 278 g/mol. The minimum absolute atomic E-state index is 0.574. The van der Waals surface area contributed by atoms with E-state index in [9.17, 15) is 0 Å². The fourth-order valence-electron chi connectivity index (χ4n) is 3.13. The summed E-state index contributed by atoms with van der Waals surface area (Å²) in [7, 11) is 0. The largest absolute Gasteiger partial charge is 0.379 e. The number of aromatic nitrogens is 2. The molecule has 0 unspecified atom stereocenters. The second-order valence-corrected chi connectivity index (χ2v) is 6.13. The third-order valence-corrected chi connectivity index (χ3v) is 4.43. The number of ether oxygens (including phenoxy) is 1. The highest BCUT2D eigenvalue weighted by molar-refractivity contribution is 5.40. The van der Waals surface area contributed by atoms with Crippen molar-refractivity contribution in [3.05, 3.63) is 12.3 Å². The lowest BCUT2D eigenvalue weighted by atomic mass is 9.95. The van der Waals surface area contributed by atoms with E-state index < -0.39 is 0 Å². The van der Waals surface area contributed by atoms with Crippen LogP contribution in [0.15, 0.2) is 12.3 Å². The van der Waals surface area contributed by atoms with E-state index in [1.165, 1.54) is 32.1 Å². The van der Waals surface area contributed by atoms with Crippen LogP contribution >= 0.6 is 0 Å². The van der Waals surface area contributed by atoms with Crippen molar-refractivity contribution >= 4 is 11.8 Å². The maximum Gasteiger partial charge on any atom is 0.224 e. The van der Waals surface area contributed by atoms with Gasteiger partial charge in [-0.3, -0.25) is 4.90 Å². The lowest BCUT2D eigenvalue weighted by molar-refractivity contribution is 0.0398. The number of morpholine rings is 1. The van der Waals surface area contributed by atoms with Gasteiger partial charge in [0, 0.05) is 38.4 Å². The Balaban J connectivity index is 1.43. The van der Waals surface area contributed by atoms with Crippen LogP contribution in [0, 0.1) is 0 Å². The van der Waals surface area contributed by atoms with Crippen LogP contribution in [-0.2, 0) is 4.74 Å². The third-order valence-electron chi connectivity index (χ3n) is 4.43. The molecule has 122 valence electrons. The Morgan fingerprint density at radius 2 is 2.00 bits per heavy atom. The molecule has 1 aliphatic carbocycles. The van der Waals surface area contributed by atoms with Gasteiger partial charge in [-0.1, -0.05) is 19.3 Å². The Morgan fingerprint density at radius 3 is 2.82 bits per heavy atom. The lowest BCUT2D eigenvalue weighted by Crippen LogP contribution is -2.39. The summed E-state index contributed by atoms with van der Waals surface area (Å²) in [5.74, 6) is 1.66. The van der Waals surface area contributed by atoms with Gasteiger partial charge in [0.25, 0.3) is 0 Å². The highest BCUT2D eigenvalue weighted by atomic mass is 16.5. The van der Waals surface area contributed by atoms with Crippen LogP contribution in [0.25, 0.3) is 0 Å². The molecular formula is C16H27N5O. The van der Waals surface area contributed by atoms with Gasteiger partial charge in [0.15, 0.2) is 0 Å². The fraction of sp³-hybridized carbons (Fsp3) is 0.750. The molecule has 1 saturated carbocycles. The lowest BCUT2D eigenvalue weighted by Gasteiger charge is -2.26. The molecule has 0 spiro atoms. The fourth-order valence-corrected chi connectivity index (χ4v) is 3.13. The Hall–Kier alpha value is -1.40. The molecule has 22 heavy (non-hydrogen) atoms. The molecule has 6 heteroatoms. The van der Waals surface area contributed by atoms with Crippen LogP contribution in [0.1, 0.15) is 32.1 Å². The van der Waals surface area contributed by atoms with E-state index in [1.54, 1.807) is 0 Å². The molecule has 2 aliphatic rings. The topological polar surface area (TPSA) is 62.3 Å². The highest BCUT2D eigenvalue weighted by Crippen LogP contribution is 2.20. The molecule has 3 rings (SSSR count). The molecule has 1 saturated heterocycles. The predicted molar refractivity (Wildman–Crippen MR) is 88.3 cm³/mol. The van der Waals surface area contributed by atoms with Gasteiger partial charge in [-0.15, -0.1) is 0 Å². The van der Waals surface area contributed by atoms with Crippen molar-refractivity contribution in [3.8, 4) is 0 Å². The van der Waals surface area contributed by atoms with Gasteiger partial charge >= 0.3 is 0 Å². The second kappa shape index (κ2) is 8.29. The summed E-state index contributed by atoms with van der Waals surface area (Å²) in [6.07, 6.45) is 8.36. The first kappa shape index (κ1) is 15.5. The van der Waals surface area contributed by atoms with Crippen LogP contribution in [0.4, 0.5) is 11.8 Å². The van der Waals surface area contributed by atoms with Gasteiger partial charge in [0.05, 0.1) is 13.2 Å². The SMILES string of the molecule is c1cc(NC2CCCCC2)nc(NCCN2CCOCC2)n1. The maximum atomic E-state index is 5.36. The molecule has 2 fully saturated rings. The molecule has 1 aromatic rings. The van der Waals surface area contributed by atoms with Gasteiger partial charge in [0.1, 0.15) is 5.82 Å². The summed E-state index contributed by atoms with van der Waals surface area (Å²) in [6, 6.07) is 2.53. The van der Waals surface area contributed by atoms with E-state index in [0.29, 0.717) is 12.0 Å². The molecule has 0 amide bonds. The molecule has 0 radical (unpaired) electrons. The molecule has 0 bridgehead atoms. The summed E-state index contributed by atoms with van der Waals surface area (Å²) >= 11 is 0. The third kappa shape index (κ3) is 4.81. The summed E-state index contributed by atoms with van der Waals surface area (Å²) in [5, 5.41) is 6.87. The second-order valence-electron chi connectivity index (χ2n) is 6.13. The molecule has 0 aromatic carbocycles. The van der Waals surface area contributed by atoms with Crippen molar-refractivity contribution < 1.29 is 4.74 Å². The number of hydrogen-bond acceptors (Lipinski definition) is 6. The zero-order chi connectivity index (χ0) is 15.0. The van der Waals surface area contributed by atoms with E-state index in [2.05, 4.69) is 25.5 Å². The zero-order valence-electron chi connectivity index (χ0n) is 13.3. The number of rotatable bonds is 6. The number of nitrogens with zero attached hydrogens (tertiary/aromatic N) is 3. The van der Waals surface area contributed by atoms with Crippen molar-refractivity contribution in [1.82, 2.24) is 14.9 Å². The van der Waals surface area contributed by atoms with E-state index in [0.717, 1.165) is 45.2 Å².